The van der Waals surface area contributed by atoms with Crippen molar-refractivity contribution in [3.63, 3.8) is 0 Å². The number of aryl methyl sites for hydroxylation is 1. The summed E-state index contributed by atoms with van der Waals surface area (Å²) >= 11 is 0. The summed E-state index contributed by atoms with van der Waals surface area (Å²) in [7, 11) is 1.42. The molecule has 0 unspecified atom stereocenters. The summed E-state index contributed by atoms with van der Waals surface area (Å²) in [6.07, 6.45) is 3.25. The Kier molecular flexibility index (Phi) is 7.48. The van der Waals surface area contributed by atoms with Gasteiger partial charge in [-0.1, -0.05) is 30.3 Å². The van der Waals surface area contributed by atoms with Gasteiger partial charge in [-0.3, -0.25) is 14.4 Å². The second-order valence-corrected chi connectivity index (χ2v) is 8.64. The van der Waals surface area contributed by atoms with E-state index in [0.29, 0.717) is 12.3 Å². The first-order valence-electron chi connectivity index (χ1n) is 10.8. The summed E-state index contributed by atoms with van der Waals surface area (Å²) in [5.74, 6) is 0.0674. The lowest BCUT2D eigenvalue weighted by Crippen LogP contribution is -2.41. The third kappa shape index (κ3) is 5.59. The first kappa shape index (κ1) is 22.3. The highest BCUT2D eigenvalue weighted by Crippen LogP contribution is 2.45. The minimum atomic E-state index is -0.182. The van der Waals surface area contributed by atoms with Crippen LogP contribution >= 0.6 is 0 Å². The van der Waals surface area contributed by atoms with Crippen LogP contribution in [-0.2, 0) is 25.5 Å². The van der Waals surface area contributed by atoms with Crippen molar-refractivity contribution in [3.05, 3.63) is 35.9 Å². The SMILES string of the molecule is COC(=O)CCCN1C[C@H]2CN(C(=O)CNC(C)=O)C[C@@]2(CCc2ccccc2)C1. The van der Waals surface area contributed by atoms with E-state index >= 15 is 0 Å². The number of amides is 2. The first-order chi connectivity index (χ1) is 14.4. The van der Waals surface area contributed by atoms with Crippen LogP contribution in [0, 0.1) is 11.3 Å². The van der Waals surface area contributed by atoms with Crippen molar-refractivity contribution in [2.45, 2.75) is 32.6 Å². The average molecular weight is 416 g/mol. The second kappa shape index (κ2) is 10.1. The van der Waals surface area contributed by atoms with Gasteiger partial charge in [0.1, 0.15) is 0 Å². The zero-order valence-corrected chi connectivity index (χ0v) is 18.1. The molecule has 7 nitrogen and oxygen atoms in total. The number of carbonyl (C=O) groups excluding carboxylic acids is 3. The van der Waals surface area contributed by atoms with Crippen molar-refractivity contribution in [2.24, 2.45) is 11.3 Å². The minimum Gasteiger partial charge on any atom is -0.469 e. The molecule has 0 spiro atoms. The van der Waals surface area contributed by atoms with E-state index in [0.717, 1.165) is 52.0 Å². The Morgan fingerprint density at radius 2 is 1.93 bits per heavy atom. The van der Waals surface area contributed by atoms with Crippen LogP contribution in [0.25, 0.3) is 0 Å². The Bertz CT molecular complexity index is 754. The molecule has 0 saturated carbocycles. The monoisotopic (exact) mass is 415 g/mol. The number of hydrogen-bond acceptors (Lipinski definition) is 5. The van der Waals surface area contributed by atoms with E-state index in [-0.39, 0.29) is 29.7 Å². The van der Waals surface area contributed by atoms with E-state index in [1.54, 1.807) is 0 Å². The molecule has 0 bridgehead atoms. The van der Waals surface area contributed by atoms with Crippen LogP contribution in [0.4, 0.5) is 0 Å². The topological polar surface area (TPSA) is 79.0 Å². The highest BCUT2D eigenvalue weighted by atomic mass is 16.5. The number of nitrogens with one attached hydrogen (secondary N) is 1. The van der Waals surface area contributed by atoms with Crippen molar-refractivity contribution in [3.8, 4) is 0 Å². The van der Waals surface area contributed by atoms with Gasteiger partial charge < -0.3 is 19.9 Å². The first-order valence-corrected chi connectivity index (χ1v) is 10.8. The van der Waals surface area contributed by atoms with Gasteiger partial charge in [-0.15, -0.1) is 0 Å². The summed E-state index contributed by atoms with van der Waals surface area (Å²) in [5.41, 5.74) is 1.38. The molecular weight excluding hydrogens is 382 g/mol. The molecule has 164 valence electrons. The Hall–Kier alpha value is -2.41. The molecule has 2 aliphatic heterocycles. The van der Waals surface area contributed by atoms with Crippen LogP contribution in [-0.4, -0.2) is 74.0 Å². The van der Waals surface area contributed by atoms with Gasteiger partial charge in [0.05, 0.1) is 13.7 Å². The number of nitrogens with zero attached hydrogens (tertiary/aromatic N) is 2. The number of methoxy groups -OCH3 is 1. The molecule has 2 atom stereocenters. The van der Waals surface area contributed by atoms with Crippen molar-refractivity contribution in [1.29, 1.82) is 0 Å². The van der Waals surface area contributed by atoms with Crippen LogP contribution in [0.3, 0.4) is 0 Å². The van der Waals surface area contributed by atoms with Gasteiger partial charge in [0.15, 0.2) is 0 Å². The second-order valence-electron chi connectivity index (χ2n) is 8.64. The maximum atomic E-state index is 12.6. The molecule has 1 N–H and O–H groups in total. The summed E-state index contributed by atoms with van der Waals surface area (Å²) in [6, 6.07) is 10.5. The quantitative estimate of drug-likeness (QED) is 0.618. The smallest absolute Gasteiger partial charge is 0.305 e. The number of carbonyl (C=O) groups is 3. The summed E-state index contributed by atoms with van der Waals surface area (Å²) < 4.78 is 4.75. The zero-order valence-electron chi connectivity index (χ0n) is 18.1. The molecule has 2 aliphatic rings. The molecule has 2 heterocycles. The molecular formula is C23H33N3O4. The lowest BCUT2D eigenvalue weighted by Gasteiger charge is -2.30. The van der Waals surface area contributed by atoms with Crippen LogP contribution < -0.4 is 5.32 Å². The number of likely N-dealkylation sites (tertiary alicyclic amines) is 2. The number of rotatable bonds is 9. The predicted octanol–water partition coefficient (Wildman–Crippen LogP) is 1.47. The van der Waals surface area contributed by atoms with Gasteiger partial charge in [-0.05, 0) is 37.3 Å². The van der Waals surface area contributed by atoms with Crippen LogP contribution in [0.1, 0.15) is 31.7 Å². The highest BCUT2D eigenvalue weighted by molar-refractivity contribution is 5.84. The molecule has 1 aromatic rings. The van der Waals surface area contributed by atoms with Crippen molar-refractivity contribution in [1.82, 2.24) is 15.1 Å². The Morgan fingerprint density at radius 3 is 2.63 bits per heavy atom. The standard InChI is InChI=1S/C23H33N3O4/c1-18(27)24-13-21(28)26-15-20-14-25(12-6-9-22(29)30-2)16-23(20,17-26)11-10-19-7-4-3-5-8-19/h3-5,7-8,20H,6,9-17H2,1-2H3,(H,24,27)/t20-,23+/m0/s1. The van der Waals surface area contributed by atoms with Crippen LogP contribution in [0.2, 0.25) is 0 Å². The number of fused-ring (bicyclic) bond motifs is 1. The van der Waals surface area contributed by atoms with E-state index in [1.807, 2.05) is 11.0 Å². The third-order valence-corrected chi connectivity index (χ3v) is 6.51. The van der Waals surface area contributed by atoms with Crippen molar-refractivity contribution >= 4 is 17.8 Å². The molecule has 2 fully saturated rings. The van der Waals surface area contributed by atoms with Crippen molar-refractivity contribution < 1.29 is 19.1 Å². The molecule has 2 amide bonds. The Morgan fingerprint density at radius 1 is 1.17 bits per heavy atom. The van der Waals surface area contributed by atoms with E-state index in [1.165, 1.54) is 19.6 Å². The van der Waals surface area contributed by atoms with Gasteiger partial charge >= 0.3 is 5.97 Å². The average Bonchev–Trinajstić information content (AvgIpc) is 3.25. The van der Waals surface area contributed by atoms with Gasteiger partial charge in [-0.2, -0.15) is 0 Å². The number of ether oxygens (including phenoxy) is 1. The van der Waals surface area contributed by atoms with Gasteiger partial charge in [0, 0.05) is 44.9 Å². The molecule has 2 saturated heterocycles. The van der Waals surface area contributed by atoms with E-state index < -0.39 is 0 Å². The van der Waals surface area contributed by atoms with E-state index in [9.17, 15) is 14.4 Å². The van der Waals surface area contributed by atoms with Crippen LogP contribution in [0.5, 0.6) is 0 Å². The number of hydrogen-bond donors (Lipinski definition) is 1. The van der Waals surface area contributed by atoms with Crippen LogP contribution in [0.15, 0.2) is 30.3 Å². The van der Waals surface area contributed by atoms with E-state index in [2.05, 4.69) is 34.5 Å². The normalized spacial score (nSPS) is 23.3. The lowest BCUT2D eigenvalue weighted by molar-refractivity contribution is -0.140. The lowest BCUT2D eigenvalue weighted by atomic mass is 9.76. The number of esters is 1. The fourth-order valence-electron chi connectivity index (χ4n) is 4.91. The molecule has 0 radical (unpaired) electrons. The largest absolute Gasteiger partial charge is 0.469 e. The molecule has 30 heavy (non-hydrogen) atoms. The Labute approximate surface area is 178 Å². The fraction of sp³-hybridized carbons (Fsp3) is 0.609. The molecule has 1 aromatic carbocycles. The summed E-state index contributed by atoms with van der Waals surface area (Å²) in [5, 5.41) is 2.63. The van der Waals surface area contributed by atoms with Crippen molar-refractivity contribution in [2.75, 3.05) is 46.4 Å². The summed E-state index contributed by atoms with van der Waals surface area (Å²) in [4.78, 5) is 39.6. The minimum absolute atomic E-state index is 0.00377. The van der Waals surface area contributed by atoms with Gasteiger partial charge in [0.25, 0.3) is 0 Å². The Balaban J connectivity index is 1.63. The third-order valence-electron chi connectivity index (χ3n) is 6.51. The zero-order chi connectivity index (χ0) is 21.6. The molecule has 0 aliphatic carbocycles. The highest BCUT2D eigenvalue weighted by Gasteiger charge is 2.52. The fourth-order valence-corrected chi connectivity index (χ4v) is 4.91. The maximum Gasteiger partial charge on any atom is 0.305 e. The van der Waals surface area contributed by atoms with Gasteiger partial charge in [-0.25, -0.2) is 0 Å². The molecule has 0 aromatic heterocycles. The molecule has 7 heteroatoms. The number of benzene rings is 1. The maximum absolute atomic E-state index is 12.6. The van der Waals surface area contributed by atoms with E-state index in [4.69, 9.17) is 4.74 Å². The molecule has 3 rings (SSSR count). The summed E-state index contributed by atoms with van der Waals surface area (Å²) in [6.45, 7) is 5.73. The predicted molar refractivity (Wildman–Crippen MR) is 114 cm³/mol. The van der Waals surface area contributed by atoms with Gasteiger partial charge in [0.2, 0.25) is 11.8 Å².